The zero-order valence-electron chi connectivity index (χ0n) is 25.1. The van der Waals surface area contributed by atoms with Crippen molar-refractivity contribution in [2.24, 2.45) is 5.92 Å². The second-order valence-electron chi connectivity index (χ2n) is 10.7. The minimum absolute atomic E-state index is 0.104. The fraction of sp³-hybridized carbons (Fsp3) is 0.400. The second kappa shape index (κ2) is 13.8. The third kappa shape index (κ3) is 7.76. The van der Waals surface area contributed by atoms with Crippen LogP contribution >= 0.6 is 11.6 Å². The summed E-state index contributed by atoms with van der Waals surface area (Å²) in [4.78, 5) is 43.0. The summed E-state index contributed by atoms with van der Waals surface area (Å²) < 4.78 is 17.1. The number of rotatable bonds is 4. The van der Waals surface area contributed by atoms with Gasteiger partial charge in [-0.3, -0.25) is 4.79 Å². The van der Waals surface area contributed by atoms with Crippen LogP contribution in [0.1, 0.15) is 35.7 Å². The molecule has 3 aromatic rings. The van der Waals surface area contributed by atoms with Crippen LogP contribution in [0.15, 0.2) is 47.0 Å². The van der Waals surface area contributed by atoms with Gasteiger partial charge in [0.05, 0.1) is 17.7 Å². The van der Waals surface area contributed by atoms with Crippen LogP contribution in [0, 0.1) is 19.8 Å². The van der Waals surface area contributed by atoms with Crippen LogP contribution in [0.3, 0.4) is 0 Å². The summed E-state index contributed by atoms with van der Waals surface area (Å²) >= 11 is 5.92. The van der Waals surface area contributed by atoms with E-state index in [2.05, 4.69) is 21.1 Å². The number of urea groups is 2. The van der Waals surface area contributed by atoms with Crippen LogP contribution in [0.25, 0.3) is 0 Å². The Balaban J connectivity index is 1.59. The van der Waals surface area contributed by atoms with Gasteiger partial charge in [-0.1, -0.05) is 23.7 Å². The summed E-state index contributed by atoms with van der Waals surface area (Å²) in [7, 11) is 3.26. The molecular weight excluding hydrogens is 576 g/mol. The number of hydrogen-bond donors (Lipinski definition) is 3. The Kier molecular flexibility index (Phi) is 10.1. The highest BCUT2D eigenvalue weighted by molar-refractivity contribution is 6.30. The molecule has 3 atom stereocenters. The molecule has 0 fully saturated rings. The molecule has 0 aliphatic carbocycles. The van der Waals surface area contributed by atoms with E-state index in [9.17, 15) is 14.4 Å². The molecule has 5 amide bonds. The molecule has 2 aromatic carbocycles. The minimum atomic E-state index is -0.487. The SMILES string of the molecule is CO[C@@H]1CN(C)C(=O)c2cc(NC(=O)Nc3ccc(Cl)cc3)ccc2OC[C@@H](C)N(C(=O)Nc2c(C)noc2C)C[C@H]1C. The van der Waals surface area contributed by atoms with Crippen molar-refractivity contribution in [1.29, 1.82) is 0 Å². The van der Waals surface area contributed by atoms with Crippen LogP contribution in [-0.4, -0.2) is 78.9 Å². The van der Waals surface area contributed by atoms with Gasteiger partial charge in [0.2, 0.25) is 0 Å². The molecule has 1 aliphatic rings. The molecule has 0 spiro atoms. The van der Waals surface area contributed by atoms with Crippen LogP contribution in [0.2, 0.25) is 5.02 Å². The highest BCUT2D eigenvalue weighted by Gasteiger charge is 2.31. The number of carbonyl (C=O) groups is 3. The molecule has 12 nitrogen and oxygen atoms in total. The third-order valence-electron chi connectivity index (χ3n) is 7.33. The number of carbonyl (C=O) groups excluding carboxylic acids is 3. The Labute approximate surface area is 255 Å². The van der Waals surface area contributed by atoms with Crippen LogP contribution in [-0.2, 0) is 4.74 Å². The van der Waals surface area contributed by atoms with Gasteiger partial charge in [0, 0.05) is 49.6 Å². The molecule has 3 N–H and O–H groups in total. The van der Waals surface area contributed by atoms with E-state index in [0.717, 1.165) is 0 Å². The zero-order chi connectivity index (χ0) is 31.3. The lowest BCUT2D eigenvalue weighted by Gasteiger charge is -2.36. The number of hydrogen-bond acceptors (Lipinski definition) is 7. The fourth-order valence-corrected chi connectivity index (χ4v) is 4.93. The maximum absolute atomic E-state index is 13.6. The van der Waals surface area contributed by atoms with Crippen molar-refractivity contribution < 1.29 is 28.4 Å². The number of nitrogens with one attached hydrogen (secondary N) is 3. The van der Waals surface area contributed by atoms with Crippen molar-refractivity contribution in [3.63, 3.8) is 0 Å². The summed E-state index contributed by atoms with van der Waals surface area (Å²) in [6, 6.07) is 10.3. The van der Waals surface area contributed by atoms with Gasteiger partial charge in [-0.05, 0) is 63.2 Å². The summed E-state index contributed by atoms with van der Waals surface area (Å²) in [5, 5.41) is 12.9. The van der Waals surface area contributed by atoms with Crippen molar-refractivity contribution >= 4 is 46.6 Å². The van der Waals surface area contributed by atoms with Crippen molar-refractivity contribution in [1.82, 2.24) is 15.0 Å². The number of methoxy groups -OCH3 is 1. The normalized spacial score (nSPS) is 19.4. The Bertz CT molecular complexity index is 1440. The van der Waals surface area contributed by atoms with Crippen molar-refractivity contribution in [2.75, 3.05) is 49.8 Å². The van der Waals surface area contributed by atoms with Crippen molar-refractivity contribution in [3.8, 4) is 5.75 Å². The number of fused-ring (bicyclic) bond motifs is 1. The summed E-state index contributed by atoms with van der Waals surface area (Å²) in [5.41, 5.74) is 2.31. The van der Waals surface area contributed by atoms with E-state index in [-0.39, 0.29) is 48.7 Å². The average Bonchev–Trinajstić information content (AvgIpc) is 3.29. The summed E-state index contributed by atoms with van der Waals surface area (Å²) in [6.07, 6.45) is -0.370. The summed E-state index contributed by atoms with van der Waals surface area (Å²) in [5.74, 6) is 0.391. The number of aryl methyl sites for hydroxylation is 2. The van der Waals surface area contributed by atoms with Crippen molar-refractivity contribution in [3.05, 3.63) is 64.5 Å². The average molecular weight is 613 g/mol. The standard InChI is InChI=1S/C30H37ClN6O6/c1-17-14-37(30(40)34-27-19(3)35-43-20(27)4)18(2)16-42-25-12-11-23(13-24(25)28(38)36(5)15-26(17)41-6)33-29(39)32-22-9-7-21(31)8-10-22/h7-13,17-18,26H,14-16H2,1-6H3,(H,34,40)(H2,32,33,39)/t17-,18-,26-/m1/s1. The third-order valence-corrected chi connectivity index (χ3v) is 7.58. The first-order chi connectivity index (χ1) is 20.5. The molecule has 43 heavy (non-hydrogen) atoms. The van der Waals surface area contributed by atoms with Gasteiger partial charge in [0.25, 0.3) is 5.91 Å². The van der Waals surface area contributed by atoms with Crippen LogP contribution in [0.4, 0.5) is 26.7 Å². The number of benzene rings is 2. The highest BCUT2D eigenvalue weighted by atomic mass is 35.5. The molecular formula is C30H37ClN6O6. The largest absolute Gasteiger partial charge is 0.491 e. The van der Waals surface area contributed by atoms with E-state index < -0.39 is 6.03 Å². The number of halogens is 1. The van der Waals surface area contributed by atoms with Gasteiger partial charge in [0.1, 0.15) is 23.7 Å². The molecule has 1 aliphatic heterocycles. The van der Waals surface area contributed by atoms with Gasteiger partial charge in [0.15, 0.2) is 5.76 Å². The molecule has 0 saturated carbocycles. The Morgan fingerprint density at radius 2 is 1.70 bits per heavy atom. The molecule has 2 heterocycles. The van der Waals surface area contributed by atoms with E-state index in [1.165, 1.54) is 0 Å². The molecule has 4 rings (SSSR count). The predicted molar refractivity (Wildman–Crippen MR) is 164 cm³/mol. The van der Waals surface area contributed by atoms with E-state index in [4.69, 9.17) is 25.6 Å². The molecule has 1 aromatic heterocycles. The molecule has 230 valence electrons. The van der Waals surface area contributed by atoms with Gasteiger partial charge < -0.3 is 39.7 Å². The van der Waals surface area contributed by atoms with E-state index in [1.54, 1.807) is 80.3 Å². The number of nitrogens with zero attached hydrogens (tertiary/aromatic N) is 3. The Morgan fingerprint density at radius 1 is 1.02 bits per heavy atom. The van der Waals surface area contributed by atoms with E-state index in [0.29, 0.717) is 45.8 Å². The first-order valence-electron chi connectivity index (χ1n) is 13.9. The van der Waals surface area contributed by atoms with Gasteiger partial charge in [-0.15, -0.1) is 0 Å². The highest BCUT2D eigenvalue weighted by Crippen LogP contribution is 2.27. The number of amides is 5. The van der Waals surface area contributed by atoms with Crippen LogP contribution in [0.5, 0.6) is 5.75 Å². The predicted octanol–water partition coefficient (Wildman–Crippen LogP) is 5.63. The Hall–Kier alpha value is -4.29. The zero-order valence-corrected chi connectivity index (χ0v) is 25.8. The molecule has 0 unspecified atom stereocenters. The lowest BCUT2D eigenvalue weighted by Crippen LogP contribution is -2.50. The van der Waals surface area contributed by atoms with Crippen LogP contribution < -0.4 is 20.7 Å². The first kappa shape index (κ1) is 31.6. The number of anilines is 3. The number of likely N-dealkylation sites (N-methyl/N-ethyl adjacent to an activating group) is 1. The van der Waals surface area contributed by atoms with Gasteiger partial charge >= 0.3 is 12.1 Å². The lowest BCUT2D eigenvalue weighted by molar-refractivity contribution is 0.0174. The monoisotopic (exact) mass is 612 g/mol. The molecule has 13 heteroatoms. The maximum Gasteiger partial charge on any atom is 0.323 e. The van der Waals surface area contributed by atoms with E-state index in [1.807, 2.05) is 13.8 Å². The number of ether oxygens (including phenoxy) is 2. The second-order valence-corrected chi connectivity index (χ2v) is 11.1. The molecule has 0 bridgehead atoms. The topological polar surface area (TPSA) is 138 Å². The lowest BCUT2D eigenvalue weighted by atomic mass is 10.0. The van der Waals surface area contributed by atoms with E-state index >= 15 is 0 Å². The summed E-state index contributed by atoms with van der Waals surface area (Å²) in [6.45, 7) is 8.04. The quantitative estimate of drug-likeness (QED) is 0.347. The number of aromatic nitrogens is 1. The van der Waals surface area contributed by atoms with Gasteiger partial charge in [-0.2, -0.15) is 0 Å². The molecule has 0 radical (unpaired) electrons. The smallest absolute Gasteiger partial charge is 0.323 e. The maximum atomic E-state index is 13.6. The fourth-order valence-electron chi connectivity index (χ4n) is 4.80. The first-order valence-corrected chi connectivity index (χ1v) is 14.2. The Morgan fingerprint density at radius 3 is 2.35 bits per heavy atom. The van der Waals surface area contributed by atoms with Crippen molar-refractivity contribution in [2.45, 2.75) is 39.8 Å². The minimum Gasteiger partial charge on any atom is -0.491 e. The van der Waals surface area contributed by atoms with Gasteiger partial charge in [-0.25, -0.2) is 9.59 Å². The molecule has 0 saturated heterocycles.